The van der Waals surface area contributed by atoms with Crippen molar-refractivity contribution >= 4 is 5.91 Å². The molecule has 1 amide bonds. The van der Waals surface area contributed by atoms with Crippen LogP contribution >= 0.6 is 0 Å². The molecule has 0 N–H and O–H groups in total. The number of hydrogen-bond donors (Lipinski definition) is 0. The largest absolute Gasteiger partial charge is 0.493 e. The highest BCUT2D eigenvalue weighted by Gasteiger charge is 2.21. The molecule has 0 saturated heterocycles. The predicted molar refractivity (Wildman–Crippen MR) is 97.3 cm³/mol. The number of ether oxygens (including phenoxy) is 3. The maximum Gasteiger partial charge on any atom is 0.263 e. The fraction of sp³-hybridized carbons (Fsp3) is 0.350. The molecule has 5 heteroatoms. The Morgan fingerprint density at radius 2 is 1.84 bits per heavy atom. The minimum absolute atomic E-state index is 0.105. The van der Waals surface area contributed by atoms with E-state index in [-0.39, 0.29) is 5.91 Å². The van der Waals surface area contributed by atoms with E-state index in [1.54, 1.807) is 33.1 Å². The van der Waals surface area contributed by atoms with Gasteiger partial charge in [-0.15, -0.1) is 0 Å². The predicted octanol–water partition coefficient (Wildman–Crippen LogP) is 3.44. The maximum absolute atomic E-state index is 12.6. The van der Waals surface area contributed by atoms with E-state index in [4.69, 9.17) is 14.2 Å². The number of nitrogens with zero attached hydrogens (tertiary/aromatic N) is 1. The van der Waals surface area contributed by atoms with E-state index in [1.807, 2.05) is 49.4 Å². The summed E-state index contributed by atoms with van der Waals surface area (Å²) < 4.78 is 16.5. The lowest BCUT2D eigenvalue weighted by Crippen LogP contribution is -2.37. The quantitative estimate of drug-likeness (QED) is 0.773. The first-order valence-corrected chi connectivity index (χ1v) is 8.14. The summed E-state index contributed by atoms with van der Waals surface area (Å²) in [4.78, 5) is 14.2. The standard InChI is InChI=1S/C20H25NO4/c1-14-8-6-10-17(12-14)25-15(2)20(22)21(3)13-16-9-7-11-18(23-4)19(16)24-5/h6-12,15H,13H2,1-5H3/t15-/m1/s1. The highest BCUT2D eigenvalue weighted by atomic mass is 16.5. The number of carbonyl (C=O) groups is 1. The van der Waals surface area contributed by atoms with Crippen molar-refractivity contribution in [2.24, 2.45) is 0 Å². The number of aryl methyl sites for hydroxylation is 1. The second-order valence-electron chi connectivity index (χ2n) is 5.92. The van der Waals surface area contributed by atoms with Gasteiger partial charge in [0.25, 0.3) is 5.91 Å². The van der Waals surface area contributed by atoms with Gasteiger partial charge in [0.1, 0.15) is 5.75 Å². The van der Waals surface area contributed by atoms with Crippen molar-refractivity contribution in [1.82, 2.24) is 4.90 Å². The zero-order valence-corrected chi connectivity index (χ0v) is 15.4. The summed E-state index contributed by atoms with van der Waals surface area (Å²) in [7, 11) is 4.93. The summed E-state index contributed by atoms with van der Waals surface area (Å²) in [6.07, 6.45) is -0.580. The summed E-state index contributed by atoms with van der Waals surface area (Å²) in [5.41, 5.74) is 1.96. The third kappa shape index (κ3) is 4.66. The molecular formula is C20H25NO4. The summed E-state index contributed by atoms with van der Waals surface area (Å²) in [6, 6.07) is 13.3. The molecule has 134 valence electrons. The van der Waals surface area contributed by atoms with Crippen LogP contribution in [0.15, 0.2) is 42.5 Å². The minimum atomic E-state index is -0.580. The first-order chi connectivity index (χ1) is 12.0. The molecule has 25 heavy (non-hydrogen) atoms. The van der Waals surface area contributed by atoms with Crippen molar-refractivity contribution in [3.8, 4) is 17.2 Å². The molecule has 2 rings (SSSR count). The molecule has 0 aliphatic carbocycles. The van der Waals surface area contributed by atoms with E-state index in [0.717, 1.165) is 11.1 Å². The average Bonchev–Trinajstić information content (AvgIpc) is 2.60. The highest BCUT2D eigenvalue weighted by molar-refractivity contribution is 5.80. The molecule has 0 spiro atoms. The molecule has 0 aliphatic heterocycles. The highest BCUT2D eigenvalue weighted by Crippen LogP contribution is 2.31. The monoisotopic (exact) mass is 343 g/mol. The van der Waals surface area contributed by atoms with E-state index < -0.39 is 6.10 Å². The van der Waals surface area contributed by atoms with Crippen molar-refractivity contribution in [1.29, 1.82) is 0 Å². The van der Waals surface area contributed by atoms with Crippen LogP contribution in [0.3, 0.4) is 0 Å². The van der Waals surface area contributed by atoms with Crippen molar-refractivity contribution in [2.45, 2.75) is 26.5 Å². The molecule has 0 radical (unpaired) electrons. The Morgan fingerprint density at radius 3 is 2.48 bits per heavy atom. The van der Waals surface area contributed by atoms with Crippen LogP contribution in [0, 0.1) is 6.92 Å². The normalized spacial score (nSPS) is 11.6. The first kappa shape index (κ1) is 18.6. The van der Waals surface area contributed by atoms with Crippen LogP contribution in [0.2, 0.25) is 0 Å². The van der Waals surface area contributed by atoms with Crippen LogP contribution in [0.4, 0.5) is 0 Å². The number of para-hydroxylation sites is 1. The number of methoxy groups -OCH3 is 2. The van der Waals surface area contributed by atoms with Gasteiger partial charge >= 0.3 is 0 Å². The van der Waals surface area contributed by atoms with Gasteiger partial charge in [-0.25, -0.2) is 0 Å². The van der Waals surface area contributed by atoms with Gasteiger partial charge in [-0.05, 0) is 37.6 Å². The van der Waals surface area contributed by atoms with Crippen LogP contribution in [0.5, 0.6) is 17.2 Å². The van der Waals surface area contributed by atoms with E-state index in [2.05, 4.69) is 0 Å². The lowest BCUT2D eigenvalue weighted by Gasteiger charge is -2.23. The van der Waals surface area contributed by atoms with Gasteiger partial charge in [-0.2, -0.15) is 0 Å². The van der Waals surface area contributed by atoms with Crippen LogP contribution in [0.25, 0.3) is 0 Å². The molecular weight excluding hydrogens is 318 g/mol. The molecule has 0 heterocycles. The second-order valence-corrected chi connectivity index (χ2v) is 5.92. The molecule has 2 aromatic carbocycles. The Kier molecular flexibility index (Phi) is 6.28. The van der Waals surface area contributed by atoms with Crippen LogP contribution in [0.1, 0.15) is 18.1 Å². The van der Waals surface area contributed by atoms with E-state index in [9.17, 15) is 4.79 Å². The smallest absolute Gasteiger partial charge is 0.263 e. The third-order valence-electron chi connectivity index (χ3n) is 3.92. The van der Waals surface area contributed by atoms with Crippen molar-refractivity contribution < 1.29 is 19.0 Å². The van der Waals surface area contributed by atoms with Crippen molar-refractivity contribution in [3.63, 3.8) is 0 Å². The number of likely N-dealkylation sites (N-methyl/N-ethyl adjacent to an activating group) is 1. The van der Waals surface area contributed by atoms with E-state index in [0.29, 0.717) is 23.8 Å². The molecule has 0 aliphatic rings. The van der Waals surface area contributed by atoms with Gasteiger partial charge in [0.05, 0.1) is 14.2 Å². The van der Waals surface area contributed by atoms with Crippen LogP contribution in [-0.4, -0.2) is 38.2 Å². The van der Waals surface area contributed by atoms with Gasteiger partial charge < -0.3 is 19.1 Å². The van der Waals surface area contributed by atoms with Crippen LogP contribution in [-0.2, 0) is 11.3 Å². The number of rotatable bonds is 7. The molecule has 2 aromatic rings. The molecule has 1 atom stereocenters. The topological polar surface area (TPSA) is 48.0 Å². The van der Waals surface area contributed by atoms with Crippen molar-refractivity contribution in [2.75, 3.05) is 21.3 Å². The SMILES string of the molecule is COc1cccc(CN(C)C(=O)[C@@H](C)Oc2cccc(C)c2)c1OC. The Bertz CT molecular complexity index is 729. The third-order valence-corrected chi connectivity index (χ3v) is 3.92. The minimum Gasteiger partial charge on any atom is -0.493 e. The number of hydrogen-bond acceptors (Lipinski definition) is 4. The average molecular weight is 343 g/mol. The molecule has 0 saturated carbocycles. The molecule has 5 nitrogen and oxygen atoms in total. The summed E-state index contributed by atoms with van der Waals surface area (Å²) in [5, 5.41) is 0. The number of carbonyl (C=O) groups excluding carboxylic acids is 1. The second kappa shape index (κ2) is 8.42. The summed E-state index contributed by atoms with van der Waals surface area (Å²) >= 11 is 0. The summed E-state index contributed by atoms with van der Waals surface area (Å²) in [6.45, 7) is 4.14. The van der Waals surface area contributed by atoms with E-state index in [1.165, 1.54) is 0 Å². The van der Waals surface area contributed by atoms with Gasteiger partial charge in [-0.3, -0.25) is 4.79 Å². The zero-order valence-electron chi connectivity index (χ0n) is 15.4. The van der Waals surface area contributed by atoms with Gasteiger partial charge in [-0.1, -0.05) is 24.3 Å². The maximum atomic E-state index is 12.6. The van der Waals surface area contributed by atoms with E-state index >= 15 is 0 Å². The fourth-order valence-electron chi connectivity index (χ4n) is 2.67. The Labute approximate surface area is 149 Å². The lowest BCUT2D eigenvalue weighted by atomic mass is 10.1. The zero-order chi connectivity index (χ0) is 18.4. The number of amides is 1. The van der Waals surface area contributed by atoms with Crippen LogP contribution < -0.4 is 14.2 Å². The molecule has 0 aromatic heterocycles. The van der Waals surface area contributed by atoms with Gasteiger partial charge in [0.15, 0.2) is 17.6 Å². The van der Waals surface area contributed by atoms with Gasteiger partial charge in [0.2, 0.25) is 0 Å². The Morgan fingerprint density at radius 1 is 1.12 bits per heavy atom. The summed E-state index contributed by atoms with van der Waals surface area (Å²) in [5.74, 6) is 1.86. The molecule has 0 bridgehead atoms. The fourth-order valence-corrected chi connectivity index (χ4v) is 2.67. The number of benzene rings is 2. The lowest BCUT2D eigenvalue weighted by molar-refractivity contribution is -0.137. The van der Waals surface area contributed by atoms with Gasteiger partial charge in [0, 0.05) is 19.2 Å². The Hall–Kier alpha value is -2.69. The first-order valence-electron chi connectivity index (χ1n) is 8.14. The molecule has 0 unspecified atom stereocenters. The molecule has 0 fully saturated rings. The van der Waals surface area contributed by atoms with Crippen molar-refractivity contribution in [3.05, 3.63) is 53.6 Å². The Balaban J connectivity index is 2.07.